The molecule has 3 aromatic rings. The van der Waals surface area contributed by atoms with Gasteiger partial charge in [-0.05, 0) is 19.4 Å². The lowest BCUT2D eigenvalue weighted by Gasteiger charge is -2.20. The summed E-state index contributed by atoms with van der Waals surface area (Å²) in [6, 6.07) is -3.02. The van der Waals surface area contributed by atoms with Crippen LogP contribution in [0.4, 0.5) is 38.4 Å². The van der Waals surface area contributed by atoms with E-state index in [0.717, 1.165) is 18.5 Å². The number of benzene rings is 1. The first kappa shape index (κ1) is 24.6. The van der Waals surface area contributed by atoms with E-state index in [-0.39, 0.29) is 40.1 Å². The van der Waals surface area contributed by atoms with Crippen LogP contribution in [0.1, 0.15) is 23.8 Å². The van der Waals surface area contributed by atoms with Gasteiger partial charge in [0.1, 0.15) is 11.6 Å². The van der Waals surface area contributed by atoms with Crippen LogP contribution in [0.15, 0.2) is 28.9 Å². The number of sulfone groups is 1. The van der Waals surface area contributed by atoms with Crippen LogP contribution in [-0.4, -0.2) is 48.1 Å². The molecule has 2 amide bonds. The molecule has 188 valence electrons. The van der Waals surface area contributed by atoms with Crippen molar-refractivity contribution in [1.29, 1.82) is 0 Å². The zero-order valence-electron chi connectivity index (χ0n) is 17.9. The van der Waals surface area contributed by atoms with Crippen molar-refractivity contribution in [3.8, 4) is 0 Å². The smallest absolute Gasteiger partial charge is 0.416 e. The lowest BCUT2D eigenvalue weighted by molar-refractivity contribution is -0.158. The van der Waals surface area contributed by atoms with E-state index in [1.807, 2.05) is 0 Å². The minimum absolute atomic E-state index is 0.0388. The average molecular weight is 519 g/mol. The highest BCUT2D eigenvalue weighted by molar-refractivity contribution is 7.91. The lowest BCUT2D eigenvalue weighted by Crippen LogP contribution is -2.40. The number of urea groups is 1. The minimum atomic E-state index is -5.03. The van der Waals surface area contributed by atoms with E-state index in [9.17, 15) is 35.2 Å². The fourth-order valence-electron chi connectivity index (χ4n) is 3.69. The maximum atomic E-state index is 14.0. The number of aryl methyl sites for hydroxylation is 1. The van der Waals surface area contributed by atoms with E-state index >= 15 is 0 Å². The van der Waals surface area contributed by atoms with E-state index < -0.39 is 51.1 Å². The molecule has 0 bridgehead atoms. The normalized spacial score (nSPS) is 18.4. The number of amides is 2. The van der Waals surface area contributed by atoms with Crippen LogP contribution < -0.4 is 16.0 Å². The minimum Gasteiger partial charge on any atom is -0.455 e. The highest BCUT2D eigenvalue weighted by Crippen LogP contribution is 2.39. The highest BCUT2D eigenvalue weighted by atomic mass is 32.2. The Balaban J connectivity index is 1.48. The second-order valence-electron chi connectivity index (χ2n) is 7.97. The molecular weight excluding hydrogens is 501 g/mol. The maximum Gasteiger partial charge on any atom is 0.416 e. The van der Waals surface area contributed by atoms with Gasteiger partial charge in [-0.2, -0.15) is 13.2 Å². The van der Waals surface area contributed by atoms with Gasteiger partial charge in [-0.1, -0.05) is 0 Å². The number of hydrogen-bond donors (Lipinski definition) is 3. The van der Waals surface area contributed by atoms with Crippen molar-refractivity contribution in [2.75, 3.05) is 22.1 Å². The van der Waals surface area contributed by atoms with Gasteiger partial charge in [-0.15, -0.1) is 0 Å². The number of aromatic nitrogens is 2. The SMILES string of the molecule is Cc1c([C@@H](NC(=O)Nc2cnc(N[C@@H]3CCS(=O)(=O)C3)nc2)C(F)(F)F)oc2c(F)cc(F)cc12. The van der Waals surface area contributed by atoms with Crippen molar-refractivity contribution in [3.63, 3.8) is 0 Å². The van der Waals surface area contributed by atoms with Gasteiger partial charge in [0, 0.05) is 23.1 Å². The van der Waals surface area contributed by atoms with Crippen LogP contribution in [0.2, 0.25) is 0 Å². The lowest BCUT2D eigenvalue weighted by atomic mass is 10.1. The van der Waals surface area contributed by atoms with Crippen molar-refractivity contribution in [3.05, 3.63) is 47.5 Å². The van der Waals surface area contributed by atoms with Crippen LogP contribution >= 0.6 is 0 Å². The topological polar surface area (TPSA) is 126 Å². The molecule has 2 atom stereocenters. The van der Waals surface area contributed by atoms with Gasteiger partial charge < -0.3 is 20.4 Å². The van der Waals surface area contributed by atoms with Gasteiger partial charge in [0.25, 0.3) is 0 Å². The van der Waals surface area contributed by atoms with Gasteiger partial charge in [-0.25, -0.2) is 32.0 Å². The molecule has 0 aliphatic carbocycles. The number of hydrogen-bond acceptors (Lipinski definition) is 7. The van der Waals surface area contributed by atoms with Gasteiger partial charge in [0.05, 0.1) is 29.6 Å². The van der Waals surface area contributed by atoms with Gasteiger partial charge in [0.2, 0.25) is 5.95 Å². The molecule has 1 aliphatic heterocycles. The van der Waals surface area contributed by atoms with E-state index in [2.05, 4.69) is 20.6 Å². The summed E-state index contributed by atoms with van der Waals surface area (Å²) in [5, 5.41) is 6.50. The molecule has 0 spiro atoms. The quantitative estimate of drug-likeness (QED) is 0.438. The molecule has 1 aliphatic rings. The zero-order valence-corrected chi connectivity index (χ0v) is 18.7. The number of carbonyl (C=O) groups excluding carboxylic acids is 1. The Morgan fingerprint density at radius 2 is 1.89 bits per heavy atom. The highest BCUT2D eigenvalue weighted by Gasteiger charge is 2.45. The van der Waals surface area contributed by atoms with Crippen molar-refractivity contribution in [2.45, 2.75) is 31.6 Å². The molecule has 0 saturated carbocycles. The Labute approximate surface area is 195 Å². The van der Waals surface area contributed by atoms with Gasteiger partial charge in [0.15, 0.2) is 27.3 Å². The van der Waals surface area contributed by atoms with Crippen LogP contribution in [0.25, 0.3) is 11.0 Å². The van der Waals surface area contributed by atoms with E-state index in [0.29, 0.717) is 12.5 Å². The van der Waals surface area contributed by atoms with E-state index in [4.69, 9.17) is 4.42 Å². The molecule has 9 nitrogen and oxygen atoms in total. The molecule has 0 unspecified atom stereocenters. The van der Waals surface area contributed by atoms with E-state index in [1.54, 1.807) is 5.32 Å². The van der Waals surface area contributed by atoms with Crippen molar-refractivity contribution in [1.82, 2.24) is 15.3 Å². The third-order valence-electron chi connectivity index (χ3n) is 5.33. The summed E-state index contributed by atoms with van der Waals surface area (Å²) in [6.45, 7) is 1.19. The molecule has 0 radical (unpaired) electrons. The summed E-state index contributed by atoms with van der Waals surface area (Å²) in [4.78, 5) is 20.1. The summed E-state index contributed by atoms with van der Waals surface area (Å²) < 4.78 is 96.8. The molecule has 1 fully saturated rings. The number of nitrogens with zero attached hydrogens (tertiary/aromatic N) is 2. The van der Waals surface area contributed by atoms with E-state index in [1.165, 1.54) is 6.92 Å². The van der Waals surface area contributed by atoms with Crippen LogP contribution in [0, 0.1) is 18.6 Å². The molecular formula is C20H18F5N5O4S. The predicted molar refractivity (Wildman–Crippen MR) is 115 cm³/mol. The summed E-state index contributed by atoms with van der Waals surface area (Å²) in [5.74, 6) is -2.92. The van der Waals surface area contributed by atoms with Crippen molar-refractivity contribution >= 4 is 38.5 Å². The first-order chi connectivity index (χ1) is 16.3. The maximum absolute atomic E-state index is 14.0. The number of furan rings is 1. The first-order valence-corrected chi connectivity index (χ1v) is 12.0. The molecule has 35 heavy (non-hydrogen) atoms. The number of nitrogens with one attached hydrogen (secondary N) is 3. The Kier molecular flexibility index (Phi) is 6.29. The Bertz CT molecular complexity index is 1380. The fourth-order valence-corrected chi connectivity index (χ4v) is 5.36. The largest absolute Gasteiger partial charge is 0.455 e. The summed E-state index contributed by atoms with van der Waals surface area (Å²) in [6.07, 6.45) is -2.42. The summed E-state index contributed by atoms with van der Waals surface area (Å²) in [5.41, 5.74) is -0.807. The number of rotatable bonds is 5. The summed E-state index contributed by atoms with van der Waals surface area (Å²) >= 11 is 0. The monoisotopic (exact) mass is 519 g/mol. The van der Waals surface area contributed by atoms with Gasteiger partial charge in [-0.3, -0.25) is 0 Å². The molecule has 1 saturated heterocycles. The molecule has 3 heterocycles. The Morgan fingerprint density at radius 3 is 2.49 bits per heavy atom. The molecule has 1 aromatic carbocycles. The molecule has 15 heteroatoms. The zero-order chi connectivity index (χ0) is 25.5. The van der Waals surface area contributed by atoms with Gasteiger partial charge >= 0.3 is 12.2 Å². The first-order valence-electron chi connectivity index (χ1n) is 10.1. The number of anilines is 2. The molecule has 4 rings (SSSR count). The second-order valence-corrected chi connectivity index (χ2v) is 10.2. The number of fused-ring (bicyclic) bond motifs is 1. The number of alkyl halides is 3. The third kappa shape index (κ3) is 5.44. The van der Waals surface area contributed by atoms with Crippen molar-refractivity contribution < 1.29 is 39.6 Å². The Hall–Kier alpha value is -3.49. The number of carbonyl (C=O) groups is 1. The molecule has 3 N–H and O–H groups in total. The van der Waals surface area contributed by atoms with Crippen LogP contribution in [0.5, 0.6) is 0 Å². The molecule has 2 aromatic heterocycles. The van der Waals surface area contributed by atoms with Crippen molar-refractivity contribution in [2.24, 2.45) is 0 Å². The predicted octanol–water partition coefficient (Wildman–Crippen LogP) is 3.83. The summed E-state index contributed by atoms with van der Waals surface area (Å²) in [7, 11) is -3.12. The average Bonchev–Trinajstić information content (AvgIpc) is 3.26. The third-order valence-corrected chi connectivity index (χ3v) is 7.10. The van der Waals surface area contributed by atoms with Crippen LogP contribution in [0.3, 0.4) is 0 Å². The van der Waals surface area contributed by atoms with Crippen LogP contribution in [-0.2, 0) is 9.84 Å². The number of halogens is 5. The second kappa shape index (κ2) is 8.94. The Morgan fingerprint density at radius 1 is 1.20 bits per heavy atom. The standard InChI is InChI=1S/C20H18F5N5O4S/c1-9-13-4-10(21)5-14(22)16(13)34-15(9)17(20(23,24)25)30-19(31)29-12-6-26-18(27-7-12)28-11-2-3-35(32,33)8-11/h4-7,11,17H,2-3,8H2,1H3,(H,26,27,28)(H2,29,30,31)/t11-,17-/m1/s1. The fraction of sp³-hybridized carbons (Fsp3) is 0.350.